The molecule has 2 nitrogen and oxygen atoms in total. The molecule has 0 aliphatic carbocycles. The fourth-order valence-corrected chi connectivity index (χ4v) is 0.758. The Balaban J connectivity index is 2.41. The van der Waals surface area contributed by atoms with Gasteiger partial charge in [-0.05, 0) is 12.8 Å². The third-order valence-electron chi connectivity index (χ3n) is 1.18. The van der Waals surface area contributed by atoms with Crippen molar-refractivity contribution >= 4 is 0 Å². The van der Waals surface area contributed by atoms with Crippen molar-refractivity contribution in [2.24, 2.45) is 5.73 Å². The lowest BCUT2D eigenvalue weighted by Gasteiger charge is -1.90. The van der Waals surface area contributed by atoms with Crippen molar-refractivity contribution < 1.29 is 0 Å². The lowest BCUT2D eigenvalue weighted by atomic mass is 10.3. The normalized spacial score (nSPS) is 25.4. The first-order chi connectivity index (χ1) is 3.43. The summed E-state index contributed by atoms with van der Waals surface area (Å²) in [6.45, 7) is 1.10. The third-order valence-corrected chi connectivity index (χ3v) is 1.18. The molecule has 2 heteroatoms. The second kappa shape index (κ2) is 1.87. The van der Waals surface area contributed by atoms with Crippen molar-refractivity contribution in [1.29, 1.82) is 0 Å². The van der Waals surface area contributed by atoms with Crippen LogP contribution in [0.15, 0.2) is 11.9 Å². The van der Waals surface area contributed by atoms with Crippen LogP contribution in [0.1, 0.15) is 12.8 Å². The van der Waals surface area contributed by atoms with E-state index in [9.17, 15) is 0 Å². The Morgan fingerprint density at radius 3 is 2.86 bits per heavy atom. The Morgan fingerprint density at radius 2 is 2.57 bits per heavy atom. The zero-order valence-corrected chi connectivity index (χ0v) is 4.28. The zero-order valence-electron chi connectivity index (χ0n) is 4.28. The molecule has 1 saturated heterocycles. The molecule has 0 aromatic carbocycles. The molecule has 0 aromatic rings. The summed E-state index contributed by atoms with van der Waals surface area (Å²) in [5, 5.41) is 3.14. The molecule has 1 aliphatic heterocycles. The molecule has 1 rings (SSSR count). The van der Waals surface area contributed by atoms with E-state index in [4.69, 9.17) is 5.73 Å². The van der Waals surface area contributed by atoms with E-state index >= 15 is 0 Å². The Bertz CT molecular complexity index is 78.1. The van der Waals surface area contributed by atoms with Crippen LogP contribution >= 0.6 is 0 Å². The van der Waals surface area contributed by atoms with Crippen LogP contribution < -0.4 is 11.1 Å². The van der Waals surface area contributed by atoms with Gasteiger partial charge >= 0.3 is 0 Å². The maximum absolute atomic E-state index is 5.21. The molecule has 0 bridgehead atoms. The van der Waals surface area contributed by atoms with Gasteiger partial charge in [0.15, 0.2) is 0 Å². The summed E-state index contributed by atoms with van der Waals surface area (Å²) in [6, 6.07) is 0. The van der Waals surface area contributed by atoms with Gasteiger partial charge in [0.25, 0.3) is 0 Å². The molecular weight excluding hydrogens is 88.1 g/mol. The maximum atomic E-state index is 5.21. The highest BCUT2D eigenvalue weighted by molar-refractivity contribution is 5.00. The second-order valence-electron chi connectivity index (χ2n) is 1.72. The van der Waals surface area contributed by atoms with Gasteiger partial charge in [-0.3, -0.25) is 0 Å². The molecule has 1 fully saturated rings. The lowest BCUT2D eigenvalue weighted by molar-refractivity contribution is 0.902. The number of nitrogens with two attached hydrogens (primary N) is 1. The summed E-state index contributed by atoms with van der Waals surface area (Å²) in [5.74, 6) is 0. The molecule has 0 atom stereocenters. The Labute approximate surface area is 43.4 Å². The van der Waals surface area contributed by atoms with Gasteiger partial charge in [0, 0.05) is 18.4 Å². The number of allylic oxidation sites excluding steroid dienone is 1. The molecule has 1 heterocycles. The first kappa shape index (κ1) is 4.50. The number of nitrogens with one attached hydrogen (secondary N) is 1. The predicted octanol–water partition coefficient (Wildman–Crippen LogP) is 0.170. The SMILES string of the molecule is N/C=C1/CCCN1. The average molecular weight is 98.1 g/mol. The van der Waals surface area contributed by atoms with Gasteiger partial charge in [0.1, 0.15) is 0 Å². The van der Waals surface area contributed by atoms with Crippen LogP contribution in [0.2, 0.25) is 0 Å². The van der Waals surface area contributed by atoms with Crippen LogP contribution in [0.5, 0.6) is 0 Å². The Kier molecular flexibility index (Phi) is 1.20. The standard InChI is InChI=1S/C5H10N2/c6-4-5-2-1-3-7-5/h4,7H,1-3,6H2/b5-4-. The number of hydrogen-bond acceptors (Lipinski definition) is 2. The van der Waals surface area contributed by atoms with Crippen LogP contribution in [0.3, 0.4) is 0 Å². The lowest BCUT2D eigenvalue weighted by Crippen LogP contribution is -2.04. The highest BCUT2D eigenvalue weighted by Gasteiger charge is 2.01. The fourth-order valence-electron chi connectivity index (χ4n) is 0.758. The van der Waals surface area contributed by atoms with E-state index in [1.807, 2.05) is 0 Å². The zero-order chi connectivity index (χ0) is 5.11. The highest BCUT2D eigenvalue weighted by atomic mass is 14.9. The topological polar surface area (TPSA) is 38.0 Å². The van der Waals surface area contributed by atoms with Crippen LogP contribution in [0, 0.1) is 0 Å². The molecule has 0 radical (unpaired) electrons. The molecular formula is C5H10N2. The molecule has 0 unspecified atom stereocenters. The van der Waals surface area contributed by atoms with Gasteiger partial charge in [0.05, 0.1) is 0 Å². The van der Waals surface area contributed by atoms with Crippen LogP contribution in [-0.2, 0) is 0 Å². The molecule has 0 aromatic heterocycles. The minimum absolute atomic E-state index is 1.10. The minimum atomic E-state index is 1.10. The first-order valence-corrected chi connectivity index (χ1v) is 2.58. The van der Waals surface area contributed by atoms with Crippen molar-refractivity contribution in [3.8, 4) is 0 Å². The third kappa shape index (κ3) is 0.856. The van der Waals surface area contributed by atoms with E-state index in [0.29, 0.717) is 0 Å². The average Bonchev–Trinajstić information content (AvgIpc) is 2.14. The first-order valence-electron chi connectivity index (χ1n) is 2.58. The summed E-state index contributed by atoms with van der Waals surface area (Å²) < 4.78 is 0. The highest BCUT2D eigenvalue weighted by Crippen LogP contribution is 2.05. The molecule has 0 spiro atoms. The summed E-state index contributed by atoms with van der Waals surface area (Å²) in [6.07, 6.45) is 4.02. The van der Waals surface area contributed by atoms with Crippen molar-refractivity contribution in [2.45, 2.75) is 12.8 Å². The van der Waals surface area contributed by atoms with Crippen molar-refractivity contribution in [1.82, 2.24) is 5.32 Å². The van der Waals surface area contributed by atoms with E-state index in [1.165, 1.54) is 12.1 Å². The van der Waals surface area contributed by atoms with Crippen molar-refractivity contribution in [3.63, 3.8) is 0 Å². The van der Waals surface area contributed by atoms with Gasteiger partial charge in [-0.15, -0.1) is 0 Å². The van der Waals surface area contributed by atoms with E-state index in [0.717, 1.165) is 13.0 Å². The van der Waals surface area contributed by atoms with E-state index < -0.39 is 0 Å². The molecule has 1 aliphatic rings. The van der Waals surface area contributed by atoms with E-state index in [1.54, 1.807) is 6.20 Å². The number of rotatable bonds is 0. The van der Waals surface area contributed by atoms with Gasteiger partial charge in [-0.25, -0.2) is 0 Å². The van der Waals surface area contributed by atoms with Gasteiger partial charge in [-0.2, -0.15) is 0 Å². The second-order valence-corrected chi connectivity index (χ2v) is 1.72. The smallest absolute Gasteiger partial charge is 0.0265 e. The van der Waals surface area contributed by atoms with E-state index in [2.05, 4.69) is 5.32 Å². The van der Waals surface area contributed by atoms with Gasteiger partial charge < -0.3 is 11.1 Å². The largest absolute Gasteiger partial charge is 0.403 e. The molecule has 40 valence electrons. The van der Waals surface area contributed by atoms with Crippen LogP contribution in [0.4, 0.5) is 0 Å². The predicted molar refractivity (Wildman–Crippen MR) is 29.5 cm³/mol. The summed E-state index contributed by atoms with van der Waals surface area (Å²) in [5.41, 5.74) is 6.40. The molecule has 0 saturated carbocycles. The van der Waals surface area contributed by atoms with E-state index in [-0.39, 0.29) is 0 Å². The minimum Gasteiger partial charge on any atom is -0.403 e. The summed E-state index contributed by atoms with van der Waals surface area (Å²) >= 11 is 0. The molecule has 7 heavy (non-hydrogen) atoms. The Morgan fingerprint density at radius 1 is 1.71 bits per heavy atom. The number of hydrogen-bond donors (Lipinski definition) is 2. The fraction of sp³-hybridized carbons (Fsp3) is 0.600. The van der Waals surface area contributed by atoms with Crippen LogP contribution in [0.25, 0.3) is 0 Å². The van der Waals surface area contributed by atoms with Gasteiger partial charge in [-0.1, -0.05) is 0 Å². The maximum Gasteiger partial charge on any atom is 0.0265 e. The van der Waals surface area contributed by atoms with Crippen molar-refractivity contribution in [3.05, 3.63) is 11.9 Å². The summed E-state index contributed by atoms with van der Waals surface area (Å²) in [4.78, 5) is 0. The van der Waals surface area contributed by atoms with Crippen molar-refractivity contribution in [2.75, 3.05) is 6.54 Å². The van der Waals surface area contributed by atoms with Crippen LogP contribution in [-0.4, -0.2) is 6.54 Å². The Hall–Kier alpha value is -0.660. The quantitative estimate of drug-likeness (QED) is 0.453. The molecule has 0 amide bonds. The summed E-state index contributed by atoms with van der Waals surface area (Å²) in [7, 11) is 0. The molecule has 3 N–H and O–H groups in total. The monoisotopic (exact) mass is 98.1 g/mol. The van der Waals surface area contributed by atoms with Gasteiger partial charge in [0.2, 0.25) is 0 Å².